The number of amides is 2. The average molecular weight is 276 g/mol. The summed E-state index contributed by atoms with van der Waals surface area (Å²) in [5, 5.41) is 12.1. The zero-order valence-corrected chi connectivity index (χ0v) is 11.6. The number of hydrogen-bond donors (Lipinski definition) is 2. The van der Waals surface area contributed by atoms with Gasteiger partial charge in [0.05, 0.1) is 0 Å². The Balaban J connectivity index is 2.10. The van der Waals surface area contributed by atoms with Gasteiger partial charge in [0.2, 0.25) is 0 Å². The number of carbonyl (C=O) groups is 2. The van der Waals surface area contributed by atoms with Gasteiger partial charge >= 0.3 is 12.0 Å². The van der Waals surface area contributed by atoms with Crippen molar-refractivity contribution >= 4 is 17.7 Å². The molecule has 0 radical (unpaired) electrons. The van der Waals surface area contributed by atoms with Crippen LogP contribution in [-0.2, 0) is 11.2 Å². The quantitative estimate of drug-likeness (QED) is 0.811. The number of carboxylic acid groups (broad SMARTS) is 1. The van der Waals surface area contributed by atoms with Gasteiger partial charge < -0.3 is 10.4 Å². The first-order valence-electron chi connectivity index (χ1n) is 7.03. The van der Waals surface area contributed by atoms with Crippen molar-refractivity contribution in [2.24, 2.45) is 0 Å². The van der Waals surface area contributed by atoms with Gasteiger partial charge in [0, 0.05) is 18.7 Å². The minimum absolute atomic E-state index is 0.321. The number of carboxylic acids is 1. The molecule has 0 aliphatic carbocycles. The average Bonchev–Trinajstić information content (AvgIpc) is 2.83. The first kappa shape index (κ1) is 14.4. The standard InChI is InChI=1S/C15H20N2O3/c1-2-3-6-9-16-15(20)17-12-8-5-4-7-11(12)10-13(17)14(18)19/h4-5,7-8,13H,2-3,6,9-10H2,1H3,(H,16,20)(H,18,19). The molecule has 2 N–H and O–H groups in total. The predicted molar refractivity (Wildman–Crippen MR) is 77.0 cm³/mol. The maximum atomic E-state index is 12.2. The van der Waals surface area contributed by atoms with Crippen molar-refractivity contribution in [2.45, 2.75) is 38.6 Å². The Morgan fingerprint density at radius 2 is 2.10 bits per heavy atom. The molecule has 1 unspecified atom stereocenters. The summed E-state index contributed by atoms with van der Waals surface area (Å²) in [6.07, 6.45) is 3.42. The van der Waals surface area contributed by atoms with Gasteiger partial charge in [0.1, 0.15) is 6.04 Å². The van der Waals surface area contributed by atoms with Crippen molar-refractivity contribution in [2.75, 3.05) is 11.4 Å². The second-order valence-electron chi connectivity index (χ2n) is 5.00. The van der Waals surface area contributed by atoms with Crippen LogP contribution in [0.1, 0.15) is 31.7 Å². The number of hydrogen-bond acceptors (Lipinski definition) is 2. The van der Waals surface area contributed by atoms with E-state index in [2.05, 4.69) is 12.2 Å². The van der Waals surface area contributed by atoms with Crippen LogP contribution in [0.15, 0.2) is 24.3 Å². The summed E-state index contributed by atoms with van der Waals surface area (Å²) >= 11 is 0. The Kier molecular flexibility index (Phi) is 4.61. The molecule has 0 spiro atoms. The highest BCUT2D eigenvalue weighted by atomic mass is 16.4. The SMILES string of the molecule is CCCCCNC(=O)N1c2ccccc2CC1C(=O)O. The van der Waals surface area contributed by atoms with Gasteiger partial charge in [-0.2, -0.15) is 0 Å². The summed E-state index contributed by atoms with van der Waals surface area (Å²) in [5.74, 6) is -0.968. The highest BCUT2D eigenvalue weighted by molar-refractivity contribution is 6.01. The zero-order chi connectivity index (χ0) is 14.5. The third-order valence-electron chi connectivity index (χ3n) is 3.54. The van der Waals surface area contributed by atoms with Crippen LogP contribution in [0.4, 0.5) is 10.5 Å². The predicted octanol–water partition coefficient (Wildman–Crippen LogP) is 2.40. The lowest BCUT2D eigenvalue weighted by Crippen LogP contribution is -2.48. The fourth-order valence-corrected chi connectivity index (χ4v) is 2.49. The molecule has 1 aliphatic rings. The molecule has 0 bridgehead atoms. The second-order valence-corrected chi connectivity index (χ2v) is 5.00. The normalized spacial score (nSPS) is 16.9. The third kappa shape index (κ3) is 2.92. The fourth-order valence-electron chi connectivity index (χ4n) is 2.49. The Morgan fingerprint density at radius 3 is 2.80 bits per heavy atom. The Labute approximate surface area is 118 Å². The first-order chi connectivity index (χ1) is 9.65. The largest absolute Gasteiger partial charge is 0.480 e. The van der Waals surface area contributed by atoms with Crippen LogP contribution in [0.3, 0.4) is 0 Å². The van der Waals surface area contributed by atoms with Crippen molar-refractivity contribution in [1.29, 1.82) is 0 Å². The number of para-hydroxylation sites is 1. The summed E-state index contributed by atoms with van der Waals surface area (Å²) < 4.78 is 0. The number of benzene rings is 1. The van der Waals surface area contributed by atoms with Gasteiger partial charge in [-0.05, 0) is 18.1 Å². The molecular weight excluding hydrogens is 256 g/mol. The maximum absolute atomic E-state index is 12.2. The lowest BCUT2D eigenvalue weighted by molar-refractivity contribution is -0.138. The molecule has 5 nitrogen and oxygen atoms in total. The van der Waals surface area contributed by atoms with E-state index in [0.29, 0.717) is 18.7 Å². The number of fused-ring (bicyclic) bond motifs is 1. The minimum atomic E-state index is -0.968. The van der Waals surface area contributed by atoms with Crippen molar-refractivity contribution < 1.29 is 14.7 Å². The molecule has 2 amide bonds. The highest BCUT2D eigenvalue weighted by Gasteiger charge is 2.38. The topological polar surface area (TPSA) is 69.6 Å². The van der Waals surface area contributed by atoms with Crippen LogP contribution in [-0.4, -0.2) is 29.7 Å². The number of unbranched alkanes of at least 4 members (excludes halogenated alkanes) is 2. The van der Waals surface area contributed by atoms with Crippen LogP contribution in [0, 0.1) is 0 Å². The van der Waals surface area contributed by atoms with Gasteiger partial charge in [-0.1, -0.05) is 38.0 Å². The minimum Gasteiger partial charge on any atom is -0.480 e. The number of nitrogens with zero attached hydrogens (tertiary/aromatic N) is 1. The Hall–Kier alpha value is -2.04. The molecular formula is C15H20N2O3. The fraction of sp³-hybridized carbons (Fsp3) is 0.467. The highest BCUT2D eigenvalue weighted by Crippen LogP contribution is 2.32. The molecule has 0 saturated heterocycles. The van der Waals surface area contributed by atoms with Crippen LogP contribution in [0.25, 0.3) is 0 Å². The zero-order valence-electron chi connectivity index (χ0n) is 11.6. The van der Waals surface area contributed by atoms with E-state index >= 15 is 0 Å². The lowest BCUT2D eigenvalue weighted by atomic mass is 10.1. The van der Waals surface area contributed by atoms with E-state index < -0.39 is 12.0 Å². The van der Waals surface area contributed by atoms with Gasteiger partial charge in [0.25, 0.3) is 0 Å². The summed E-state index contributed by atoms with van der Waals surface area (Å²) in [7, 11) is 0. The molecule has 1 aliphatic heterocycles. The number of nitrogens with one attached hydrogen (secondary N) is 1. The monoisotopic (exact) mass is 276 g/mol. The molecule has 108 valence electrons. The van der Waals surface area contributed by atoms with E-state index in [1.807, 2.05) is 18.2 Å². The van der Waals surface area contributed by atoms with E-state index in [1.165, 1.54) is 4.90 Å². The molecule has 0 aromatic heterocycles. The van der Waals surface area contributed by atoms with Gasteiger partial charge in [-0.15, -0.1) is 0 Å². The van der Waals surface area contributed by atoms with Crippen LogP contribution in [0.2, 0.25) is 0 Å². The molecule has 1 aromatic rings. The molecule has 0 saturated carbocycles. The Bertz CT molecular complexity index is 502. The second kappa shape index (κ2) is 6.41. The third-order valence-corrected chi connectivity index (χ3v) is 3.54. The molecule has 5 heteroatoms. The Morgan fingerprint density at radius 1 is 1.35 bits per heavy atom. The summed E-state index contributed by atoms with van der Waals surface area (Å²) in [4.78, 5) is 24.9. The van der Waals surface area contributed by atoms with E-state index in [0.717, 1.165) is 24.8 Å². The lowest BCUT2D eigenvalue weighted by Gasteiger charge is -2.23. The molecule has 0 fully saturated rings. The van der Waals surface area contributed by atoms with E-state index in [1.54, 1.807) is 6.07 Å². The number of anilines is 1. The maximum Gasteiger partial charge on any atom is 0.327 e. The summed E-state index contributed by atoms with van der Waals surface area (Å²) in [5.41, 5.74) is 1.61. The van der Waals surface area contributed by atoms with E-state index in [-0.39, 0.29) is 6.03 Å². The van der Waals surface area contributed by atoms with E-state index in [9.17, 15) is 14.7 Å². The smallest absolute Gasteiger partial charge is 0.327 e. The molecule has 1 aromatic carbocycles. The number of aliphatic carboxylic acids is 1. The number of urea groups is 1. The van der Waals surface area contributed by atoms with Gasteiger partial charge in [-0.3, -0.25) is 4.90 Å². The number of rotatable bonds is 5. The summed E-state index contributed by atoms with van der Waals surface area (Å²) in [6, 6.07) is 6.22. The van der Waals surface area contributed by atoms with Gasteiger partial charge in [-0.25, -0.2) is 9.59 Å². The van der Waals surface area contributed by atoms with Crippen molar-refractivity contribution in [3.05, 3.63) is 29.8 Å². The van der Waals surface area contributed by atoms with E-state index in [4.69, 9.17) is 0 Å². The molecule has 2 rings (SSSR count). The molecule has 1 atom stereocenters. The molecule has 1 heterocycles. The van der Waals surface area contributed by atoms with Crippen molar-refractivity contribution in [1.82, 2.24) is 5.32 Å². The van der Waals surface area contributed by atoms with Crippen molar-refractivity contribution in [3.8, 4) is 0 Å². The van der Waals surface area contributed by atoms with Gasteiger partial charge in [0.15, 0.2) is 0 Å². The first-order valence-corrected chi connectivity index (χ1v) is 7.03. The van der Waals surface area contributed by atoms with Crippen molar-refractivity contribution in [3.63, 3.8) is 0 Å². The van der Waals surface area contributed by atoms with Crippen LogP contribution < -0.4 is 10.2 Å². The van der Waals surface area contributed by atoms with Crippen LogP contribution >= 0.6 is 0 Å². The molecule has 20 heavy (non-hydrogen) atoms. The number of carbonyl (C=O) groups excluding carboxylic acids is 1. The summed E-state index contributed by atoms with van der Waals surface area (Å²) in [6.45, 7) is 2.68. The van der Waals surface area contributed by atoms with Crippen LogP contribution in [0.5, 0.6) is 0 Å².